The van der Waals surface area contributed by atoms with E-state index in [4.69, 9.17) is 0 Å². The molecule has 1 fully saturated rings. The molecule has 0 bridgehead atoms. The van der Waals surface area contributed by atoms with E-state index in [1.807, 2.05) is 25.1 Å². The Morgan fingerprint density at radius 3 is 2.65 bits per heavy atom. The lowest BCUT2D eigenvalue weighted by Crippen LogP contribution is -2.31. The Labute approximate surface area is 103 Å². The molecule has 1 aliphatic carbocycles. The van der Waals surface area contributed by atoms with Crippen molar-refractivity contribution in [3.8, 4) is 0 Å². The van der Waals surface area contributed by atoms with Gasteiger partial charge in [-0.05, 0) is 38.3 Å². The summed E-state index contributed by atoms with van der Waals surface area (Å²) in [5, 5.41) is 0. The van der Waals surface area contributed by atoms with Crippen LogP contribution in [0.3, 0.4) is 0 Å². The summed E-state index contributed by atoms with van der Waals surface area (Å²) in [5.74, 6) is 0.338. The van der Waals surface area contributed by atoms with E-state index < -0.39 is 0 Å². The molecule has 0 aromatic carbocycles. The first-order valence-corrected chi connectivity index (χ1v) is 6.65. The average molecular weight is 231 g/mol. The first kappa shape index (κ1) is 12.3. The maximum atomic E-state index is 12.7. The van der Waals surface area contributed by atoms with E-state index in [0.29, 0.717) is 5.78 Å². The van der Waals surface area contributed by atoms with E-state index in [2.05, 4.69) is 11.9 Å². The van der Waals surface area contributed by atoms with E-state index in [9.17, 15) is 4.79 Å². The molecule has 2 nitrogen and oxygen atoms in total. The van der Waals surface area contributed by atoms with E-state index in [-0.39, 0.29) is 11.3 Å². The topological polar surface area (TPSA) is 30.0 Å². The molecule has 92 valence electrons. The Bertz CT molecular complexity index is 379. The van der Waals surface area contributed by atoms with E-state index in [0.717, 1.165) is 25.0 Å². The normalized spacial score (nSPS) is 20.1. The second-order valence-electron chi connectivity index (χ2n) is 5.18. The second-order valence-corrected chi connectivity index (χ2v) is 5.18. The lowest BCUT2D eigenvalue weighted by Gasteiger charge is -2.28. The summed E-state index contributed by atoms with van der Waals surface area (Å²) in [6, 6.07) is 5.81. The van der Waals surface area contributed by atoms with Crippen LogP contribution < -0.4 is 0 Å². The van der Waals surface area contributed by atoms with Crippen molar-refractivity contribution in [2.45, 2.75) is 51.9 Å². The van der Waals surface area contributed by atoms with E-state index >= 15 is 0 Å². The van der Waals surface area contributed by atoms with E-state index in [1.54, 1.807) is 6.20 Å². The predicted molar refractivity (Wildman–Crippen MR) is 68.9 cm³/mol. The Kier molecular flexibility index (Phi) is 3.60. The van der Waals surface area contributed by atoms with Gasteiger partial charge in [-0.3, -0.25) is 9.78 Å². The van der Waals surface area contributed by atoms with Crippen molar-refractivity contribution in [3.63, 3.8) is 0 Å². The Balaban J connectivity index is 2.19. The molecule has 17 heavy (non-hydrogen) atoms. The summed E-state index contributed by atoms with van der Waals surface area (Å²) >= 11 is 0. The summed E-state index contributed by atoms with van der Waals surface area (Å²) in [4.78, 5) is 17.0. The van der Waals surface area contributed by atoms with Gasteiger partial charge in [-0.15, -0.1) is 0 Å². The molecule has 0 spiro atoms. The average Bonchev–Trinajstić information content (AvgIpc) is 2.88. The molecule has 0 N–H and O–H groups in total. The minimum atomic E-state index is -0.0609. The Morgan fingerprint density at radius 2 is 2.12 bits per heavy atom. The quantitative estimate of drug-likeness (QED) is 0.790. The van der Waals surface area contributed by atoms with Crippen LogP contribution in [0.5, 0.6) is 0 Å². The number of hydrogen-bond acceptors (Lipinski definition) is 2. The highest BCUT2D eigenvalue weighted by Crippen LogP contribution is 2.44. The van der Waals surface area contributed by atoms with Crippen molar-refractivity contribution in [3.05, 3.63) is 30.1 Å². The first-order valence-electron chi connectivity index (χ1n) is 6.65. The van der Waals surface area contributed by atoms with Gasteiger partial charge in [-0.1, -0.05) is 25.8 Å². The highest BCUT2D eigenvalue weighted by atomic mass is 16.1. The third kappa shape index (κ3) is 2.26. The highest BCUT2D eigenvalue weighted by Gasteiger charge is 2.41. The van der Waals surface area contributed by atoms with Gasteiger partial charge in [0.1, 0.15) is 5.78 Å². The summed E-state index contributed by atoms with van der Waals surface area (Å²) in [7, 11) is 0. The fourth-order valence-electron chi connectivity index (χ4n) is 3.05. The lowest BCUT2D eigenvalue weighted by molar-refractivity contribution is -0.130. The molecule has 1 heterocycles. The van der Waals surface area contributed by atoms with Crippen LogP contribution in [0.15, 0.2) is 24.4 Å². The molecular weight excluding hydrogens is 210 g/mol. The molecule has 1 saturated carbocycles. The van der Waals surface area contributed by atoms with Gasteiger partial charge in [0.25, 0.3) is 0 Å². The smallest absolute Gasteiger partial charge is 0.147 e. The zero-order chi connectivity index (χ0) is 12.3. The van der Waals surface area contributed by atoms with Crippen LogP contribution in [-0.4, -0.2) is 10.8 Å². The lowest BCUT2D eigenvalue weighted by atomic mass is 9.74. The highest BCUT2D eigenvalue weighted by molar-refractivity contribution is 5.90. The molecule has 0 radical (unpaired) electrons. The molecule has 2 heteroatoms. The SMILES string of the molecule is CCC1(C(=O)C(C)c2ccccn2)CCCC1. The molecule has 1 aromatic heterocycles. The number of Topliss-reactive ketones (excluding diaryl/α,β-unsaturated/α-hetero) is 1. The van der Waals surface area contributed by atoms with Crippen LogP contribution in [-0.2, 0) is 4.79 Å². The summed E-state index contributed by atoms with van der Waals surface area (Å²) < 4.78 is 0. The Morgan fingerprint density at radius 1 is 1.41 bits per heavy atom. The van der Waals surface area contributed by atoms with Gasteiger partial charge >= 0.3 is 0 Å². The summed E-state index contributed by atoms with van der Waals surface area (Å²) in [6.45, 7) is 4.15. The Hall–Kier alpha value is -1.18. The molecule has 2 rings (SSSR count). The number of aromatic nitrogens is 1. The number of hydrogen-bond donors (Lipinski definition) is 0. The van der Waals surface area contributed by atoms with Crippen LogP contribution in [0.1, 0.15) is 57.6 Å². The minimum Gasteiger partial charge on any atom is -0.298 e. The van der Waals surface area contributed by atoms with Gasteiger partial charge in [0.2, 0.25) is 0 Å². The van der Waals surface area contributed by atoms with Crippen LogP contribution in [0.4, 0.5) is 0 Å². The zero-order valence-corrected chi connectivity index (χ0v) is 10.8. The van der Waals surface area contributed by atoms with Crippen molar-refractivity contribution in [1.29, 1.82) is 0 Å². The van der Waals surface area contributed by atoms with Crippen molar-refractivity contribution < 1.29 is 4.79 Å². The number of carbonyl (C=O) groups is 1. The van der Waals surface area contributed by atoms with Gasteiger partial charge in [0.05, 0.1) is 11.6 Å². The van der Waals surface area contributed by atoms with Gasteiger partial charge < -0.3 is 0 Å². The second kappa shape index (κ2) is 4.99. The third-order valence-electron chi connectivity index (χ3n) is 4.28. The van der Waals surface area contributed by atoms with Gasteiger partial charge in [-0.25, -0.2) is 0 Å². The maximum Gasteiger partial charge on any atom is 0.147 e. The molecular formula is C15H21NO. The van der Waals surface area contributed by atoms with Crippen molar-refractivity contribution in [1.82, 2.24) is 4.98 Å². The van der Waals surface area contributed by atoms with Crippen molar-refractivity contribution in [2.24, 2.45) is 5.41 Å². The molecule has 0 aliphatic heterocycles. The number of rotatable bonds is 4. The molecule has 1 aromatic rings. The molecule has 1 unspecified atom stereocenters. The number of pyridine rings is 1. The van der Waals surface area contributed by atoms with Crippen LogP contribution in [0.25, 0.3) is 0 Å². The van der Waals surface area contributed by atoms with Gasteiger partial charge in [-0.2, -0.15) is 0 Å². The zero-order valence-electron chi connectivity index (χ0n) is 10.8. The number of nitrogens with zero attached hydrogens (tertiary/aromatic N) is 1. The summed E-state index contributed by atoms with van der Waals surface area (Å²) in [5.41, 5.74) is 0.856. The van der Waals surface area contributed by atoms with Gasteiger partial charge in [0.15, 0.2) is 0 Å². The number of ketones is 1. The van der Waals surface area contributed by atoms with E-state index in [1.165, 1.54) is 12.8 Å². The third-order valence-corrected chi connectivity index (χ3v) is 4.28. The van der Waals surface area contributed by atoms with Crippen LogP contribution in [0, 0.1) is 5.41 Å². The number of carbonyl (C=O) groups excluding carboxylic acids is 1. The molecule has 0 saturated heterocycles. The maximum absolute atomic E-state index is 12.7. The van der Waals surface area contributed by atoms with Crippen molar-refractivity contribution >= 4 is 5.78 Å². The summed E-state index contributed by atoms with van der Waals surface area (Å²) in [6.07, 6.45) is 7.29. The predicted octanol–water partition coefficient (Wildman–Crippen LogP) is 3.72. The van der Waals surface area contributed by atoms with Crippen LogP contribution in [0.2, 0.25) is 0 Å². The first-order chi connectivity index (χ1) is 8.19. The van der Waals surface area contributed by atoms with Crippen LogP contribution >= 0.6 is 0 Å². The van der Waals surface area contributed by atoms with Crippen molar-refractivity contribution in [2.75, 3.05) is 0 Å². The molecule has 0 amide bonds. The fraction of sp³-hybridized carbons (Fsp3) is 0.600. The fourth-order valence-corrected chi connectivity index (χ4v) is 3.05. The standard InChI is InChI=1S/C15H21NO/c1-3-15(9-5-6-10-15)14(17)12(2)13-8-4-7-11-16-13/h4,7-8,11-12H,3,5-6,9-10H2,1-2H3. The van der Waals surface area contributed by atoms with Gasteiger partial charge in [0, 0.05) is 11.6 Å². The molecule has 1 atom stereocenters. The monoisotopic (exact) mass is 231 g/mol. The molecule has 1 aliphatic rings. The largest absolute Gasteiger partial charge is 0.298 e. The minimum absolute atomic E-state index is 0.0586.